The van der Waals surface area contributed by atoms with E-state index in [2.05, 4.69) is 16.4 Å². The maximum atomic E-state index is 6.08. The standard InChI is InChI=1S/C25H26ClN5O/c26-20-13-11-19(12-14-20)25-15-21(28-31(25)24-9-5-2-6-10-24)17-32-18-22-16-30(29-27-22)23-7-3-1-4-8-23/h2,5-6,9-16,23H,1,3-4,7-8,17-18H2. The number of para-hydroxylation sites is 1. The average Bonchev–Trinajstić information content (AvgIpc) is 3.49. The van der Waals surface area contributed by atoms with Gasteiger partial charge in [-0.1, -0.05) is 66.4 Å². The molecule has 2 heterocycles. The van der Waals surface area contributed by atoms with Crippen LogP contribution in [0, 0.1) is 0 Å². The summed E-state index contributed by atoms with van der Waals surface area (Å²) in [6, 6.07) is 20.4. The minimum atomic E-state index is 0.400. The van der Waals surface area contributed by atoms with Gasteiger partial charge in [-0.25, -0.2) is 9.36 Å². The molecule has 0 unspecified atom stereocenters. The first-order chi connectivity index (χ1) is 15.8. The van der Waals surface area contributed by atoms with Gasteiger partial charge in [0.05, 0.1) is 42.5 Å². The smallest absolute Gasteiger partial charge is 0.108 e. The molecule has 0 spiro atoms. The number of nitrogens with zero attached hydrogens (tertiary/aromatic N) is 5. The Hall–Kier alpha value is -2.96. The van der Waals surface area contributed by atoms with E-state index in [9.17, 15) is 0 Å². The lowest BCUT2D eigenvalue weighted by molar-refractivity contribution is 0.102. The molecule has 1 aliphatic carbocycles. The van der Waals surface area contributed by atoms with Crippen LogP contribution in [0.4, 0.5) is 0 Å². The van der Waals surface area contributed by atoms with E-state index in [0.717, 1.165) is 28.3 Å². The van der Waals surface area contributed by atoms with E-state index in [1.165, 1.54) is 32.1 Å². The van der Waals surface area contributed by atoms with Gasteiger partial charge in [-0.15, -0.1) is 5.10 Å². The first-order valence-electron chi connectivity index (χ1n) is 11.1. The highest BCUT2D eigenvalue weighted by Crippen LogP contribution is 2.28. The molecule has 2 aromatic carbocycles. The molecule has 5 rings (SSSR count). The first kappa shape index (κ1) is 20.9. The Labute approximate surface area is 192 Å². The van der Waals surface area contributed by atoms with E-state index >= 15 is 0 Å². The number of halogens is 1. The van der Waals surface area contributed by atoms with Gasteiger partial charge in [0, 0.05) is 10.6 Å². The zero-order valence-corrected chi connectivity index (χ0v) is 18.7. The average molecular weight is 448 g/mol. The zero-order valence-electron chi connectivity index (χ0n) is 17.9. The Morgan fingerprint density at radius 3 is 2.44 bits per heavy atom. The molecule has 0 radical (unpaired) electrons. The fourth-order valence-electron chi connectivity index (χ4n) is 4.26. The van der Waals surface area contributed by atoms with Crippen LogP contribution in [0.1, 0.15) is 49.5 Å². The Balaban J connectivity index is 1.30. The fraction of sp³-hybridized carbons (Fsp3) is 0.320. The first-order valence-corrected chi connectivity index (χ1v) is 11.5. The summed E-state index contributed by atoms with van der Waals surface area (Å²) in [6.07, 6.45) is 8.28. The third kappa shape index (κ3) is 4.76. The van der Waals surface area contributed by atoms with Crippen LogP contribution in [0.3, 0.4) is 0 Å². The van der Waals surface area contributed by atoms with Crippen molar-refractivity contribution in [1.29, 1.82) is 0 Å². The third-order valence-electron chi connectivity index (χ3n) is 5.91. The molecule has 0 amide bonds. The summed E-state index contributed by atoms with van der Waals surface area (Å²) in [5.74, 6) is 0. The largest absolute Gasteiger partial charge is 0.369 e. The van der Waals surface area contributed by atoms with Gasteiger partial charge in [0.15, 0.2) is 0 Å². The lowest BCUT2D eigenvalue weighted by Crippen LogP contribution is -2.13. The van der Waals surface area contributed by atoms with Crippen LogP contribution in [0.25, 0.3) is 16.9 Å². The van der Waals surface area contributed by atoms with Crippen molar-refractivity contribution in [3.8, 4) is 16.9 Å². The van der Waals surface area contributed by atoms with E-state index in [1.807, 2.05) is 70.2 Å². The molecule has 0 N–H and O–H groups in total. The summed E-state index contributed by atoms with van der Waals surface area (Å²) in [4.78, 5) is 0. The highest BCUT2D eigenvalue weighted by molar-refractivity contribution is 6.30. The molecule has 1 saturated carbocycles. The molecule has 0 bridgehead atoms. The Bertz CT molecular complexity index is 1150. The molecule has 4 aromatic rings. The summed E-state index contributed by atoms with van der Waals surface area (Å²) < 4.78 is 9.91. The van der Waals surface area contributed by atoms with E-state index in [1.54, 1.807) is 0 Å². The van der Waals surface area contributed by atoms with Crippen LogP contribution < -0.4 is 0 Å². The number of ether oxygens (including phenoxy) is 1. The second-order valence-electron chi connectivity index (χ2n) is 8.25. The lowest BCUT2D eigenvalue weighted by Gasteiger charge is -2.20. The number of hydrogen-bond donors (Lipinski definition) is 0. The van der Waals surface area contributed by atoms with Gasteiger partial charge in [-0.05, 0) is 43.2 Å². The monoisotopic (exact) mass is 447 g/mol. The topological polar surface area (TPSA) is 57.8 Å². The molecule has 0 atom stereocenters. The summed E-state index contributed by atoms with van der Waals surface area (Å²) in [7, 11) is 0. The SMILES string of the molecule is Clc1ccc(-c2cc(COCc3cn(C4CCCCC4)nn3)nn2-c2ccccc2)cc1. The van der Waals surface area contributed by atoms with Crippen LogP contribution in [0.5, 0.6) is 0 Å². The number of rotatable bonds is 7. The summed E-state index contributed by atoms with van der Waals surface area (Å²) in [6.45, 7) is 0.817. The lowest BCUT2D eigenvalue weighted by atomic mass is 9.96. The van der Waals surface area contributed by atoms with Crippen molar-refractivity contribution in [2.45, 2.75) is 51.4 Å². The van der Waals surface area contributed by atoms with Gasteiger partial charge in [-0.2, -0.15) is 5.10 Å². The maximum Gasteiger partial charge on any atom is 0.108 e. The molecule has 7 heteroatoms. The molecule has 32 heavy (non-hydrogen) atoms. The number of benzene rings is 2. The number of aromatic nitrogens is 5. The molecule has 2 aromatic heterocycles. The highest BCUT2D eigenvalue weighted by Gasteiger charge is 2.17. The summed E-state index contributed by atoms with van der Waals surface area (Å²) >= 11 is 6.08. The Morgan fingerprint density at radius 2 is 1.66 bits per heavy atom. The van der Waals surface area contributed by atoms with Gasteiger partial charge >= 0.3 is 0 Å². The normalized spacial score (nSPS) is 14.7. The number of hydrogen-bond acceptors (Lipinski definition) is 4. The second-order valence-corrected chi connectivity index (χ2v) is 8.69. The van der Waals surface area contributed by atoms with Crippen molar-refractivity contribution in [3.63, 3.8) is 0 Å². The molecular formula is C25H26ClN5O. The van der Waals surface area contributed by atoms with E-state index in [0.29, 0.717) is 24.3 Å². The molecule has 1 fully saturated rings. The van der Waals surface area contributed by atoms with Crippen LogP contribution in [-0.4, -0.2) is 24.8 Å². The van der Waals surface area contributed by atoms with E-state index in [4.69, 9.17) is 21.4 Å². The molecule has 0 aliphatic heterocycles. The second kappa shape index (κ2) is 9.67. The minimum absolute atomic E-state index is 0.400. The molecule has 6 nitrogen and oxygen atoms in total. The van der Waals surface area contributed by atoms with Crippen molar-refractivity contribution in [3.05, 3.63) is 83.3 Å². The van der Waals surface area contributed by atoms with Crippen LogP contribution in [-0.2, 0) is 18.0 Å². The predicted molar refractivity (Wildman–Crippen MR) is 125 cm³/mol. The van der Waals surface area contributed by atoms with Crippen LogP contribution in [0.15, 0.2) is 66.9 Å². The van der Waals surface area contributed by atoms with Gasteiger partial charge in [-0.3, -0.25) is 0 Å². The quantitative estimate of drug-likeness (QED) is 0.348. The van der Waals surface area contributed by atoms with Crippen molar-refractivity contribution in [1.82, 2.24) is 24.8 Å². The van der Waals surface area contributed by atoms with Crippen molar-refractivity contribution in [2.75, 3.05) is 0 Å². The van der Waals surface area contributed by atoms with Gasteiger partial charge in [0.1, 0.15) is 5.69 Å². The van der Waals surface area contributed by atoms with Crippen LogP contribution >= 0.6 is 11.6 Å². The summed E-state index contributed by atoms with van der Waals surface area (Å²) in [5.41, 5.74) is 4.76. The van der Waals surface area contributed by atoms with Gasteiger partial charge in [0.25, 0.3) is 0 Å². The summed E-state index contributed by atoms with van der Waals surface area (Å²) in [5, 5.41) is 14.1. The van der Waals surface area contributed by atoms with Crippen molar-refractivity contribution < 1.29 is 4.74 Å². The van der Waals surface area contributed by atoms with Gasteiger partial charge in [0.2, 0.25) is 0 Å². The molecular weight excluding hydrogens is 422 g/mol. The van der Waals surface area contributed by atoms with Gasteiger partial charge < -0.3 is 4.74 Å². The molecule has 1 aliphatic rings. The predicted octanol–water partition coefficient (Wildman–Crippen LogP) is 6.01. The van der Waals surface area contributed by atoms with Crippen molar-refractivity contribution >= 4 is 11.6 Å². The molecule has 164 valence electrons. The minimum Gasteiger partial charge on any atom is -0.369 e. The zero-order chi connectivity index (χ0) is 21.8. The van der Waals surface area contributed by atoms with Crippen molar-refractivity contribution in [2.24, 2.45) is 0 Å². The van der Waals surface area contributed by atoms with E-state index in [-0.39, 0.29) is 0 Å². The van der Waals surface area contributed by atoms with E-state index < -0.39 is 0 Å². The Morgan fingerprint density at radius 1 is 0.906 bits per heavy atom. The maximum absolute atomic E-state index is 6.08. The van der Waals surface area contributed by atoms with Crippen LogP contribution in [0.2, 0.25) is 5.02 Å². The third-order valence-corrected chi connectivity index (χ3v) is 6.16. The highest BCUT2D eigenvalue weighted by atomic mass is 35.5. The Kier molecular flexibility index (Phi) is 6.32. The fourth-order valence-corrected chi connectivity index (χ4v) is 4.38. The molecule has 0 saturated heterocycles.